The maximum absolute atomic E-state index is 12.7. The molecule has 1 amide bonds. The summed E-state index contributed by atoms with van der Waals surface area (Å²) in [5.74, 6) is -0.413. The van der Waals surface area contributed by atoms with Crippen molar-refractivity contribution in [3.63, 3.8) is 0 Å². The predicted molar refractivity (Wildman–Crippen MR) is 86.4 cm³/mol. The van der Waals surface area contributed by atoms with E-state index in [4.69, 9.17) is 4.74 Å². The molecule has 1 heterocycles. The molecule has 1 saturated carbocycles. The Balaban J connectivity index is 1.73. The summed E-state index contributed by atoms with van der Waals surface area (Å²) in [6.07, 6.45) is 3.86. The van der Waals surface area contributed by atoms with Crippen LogP contribution in [0, 0.1) is 10.1 Å². The van der Waals surface area contributed by atoms with Crippen molar-refractivity contribution in [3.8, 4) is 0 Å². The van der Waals surface area contributed by atoms with Crippen LogP contribution in [0.4, 0.5) is 5.69 Å². The van der Waals surface area contributed by atoms with Crippen LogP contribution in [-0.4, -0.2) is 46.1 Å². The molecule has 24 heavy (non-hydrogen) atoms. The molecule has 3 rings (SSSR count). The van der Waals surface area contributed by atoms with Gasteiger partial charge in [0.05, 0.1) is 17.1 Å². The Hall–Kier alpha value is -1.99. The van der Waals surface area contributed by atoms with Crippen LogP contribution in [0.5, 0.6) is 0 Å². The molecule has 2 fully saturated rings. The minimum absolute atomic E-state index is 0.134. The second kappa shape index (κ2) is 6.86. The zero-order valence-corrected chi connectivity index (χ0v) is 13.5. The van der Waals surface area contributed by atoms with E-state index in [-0.39, 0.29) is 16.9 Å². The number of nitrogens with zero attached hydrogens (tertiary/aromatic N) is 2. The van der Waals surface area contributed by atoms with Gasteiger partial charge < -0.3 is 14.7 Å². The quantitative estimate of drug-likeness (QED) is 0.675. The number of rotatable bonds is 3. The summed E-state index contributed by atoms with van der Waals surface area (Å²) >= 11 is 0. The second-order valence-electron chi connectivity index (χ2n) is 6.61. The summed E-state index contributed by atoms with van der Waals surface area (Å²) in [4.78, 5) is 24.6. The first kappa shape index (κ1) is 16.9. The van der Waals surface area contributed by atoms with Crippen molar-refractivity contribution in [3.05, 3.63) is 39.9 Å². The van der Waals surface area contributed by atoms with E-state index in [9.17, 15) is 20.0 Å². The molecule has 130 valence electrons. The molecular weight excluding hydrogens is 312 g/mol. The monoisotopic (exact) mass is 334 g/mol. The van der Waals surface area contributed by atoms with Crippen LogP contribution in [-0.2, 0) is 9.53 Å². The fraction of sp³-hybridized carbons (Fsp3) is 0.588. The summed E-state index contributed by atoms with van der Waals surface area (Å²) < 4.78 is 5.96. The van der Waals surface area contributed by atoms with E-state index in [2.05, 4.69) is 0 Å². The Morgan fingerprint density at radius 1 is 1.33 bits per heavy atom. The number of nitro benzene ring substituents is 1. The lowest BCUT2D eigenvalue weighted by Crippen LogP contribution is -2.55. The van der Waals surface area contributed by atoms with Gasteiger partial charge in [-0.05, 0) is 18.4 Å². The number of hydrogen-bond donors (Lipinski definition) is 1. The smallest absolute Gasteiger partial charge is 0.269 e. The number of aliphatic hydroxyl groups is 1. The van der Waals surface area contributed by atoms with E-state index in [1.54, 1.807) is 4.90 Å². The molecule has 7 nitrogen and oxygen atoms in total. The standard InChI is InChI=1S/C17H22N2O5/c20-15(13-5-4-6-14(11-13)19(22)23)16(21)18-9-10-24-17(12-18)7-2-1-3-8-17/h4-6,11,15,20H,1-3,7-10,12H2. The van der Waals surface area contributed by atoms with Gasteiger partial charge in [-0.15, -0.1) is 0 Å². The van der Waals surface area contributed by atoms with Crippen molar-refractivity contribution < 1.29 is 19.6 Å². The highest BCUT2D eigenvalue weighted by Crippen LogP contribution is 2.35. The topological polar surface area (TPSA) is 92.9 Å². The van der Waals surface area contributed by atoms with Crippen molar-refractivity contribution in [2.45, 2.75) is 43.8 Å². The number of hydrogen-bond acceptors (Lipinski definition) is 5. The third-order valence-electron chi connectivity index (χ3n) is 4.96. The first-order valence-corrected chi connectivity index (χ1v) is 8.36. The first-order chi connectivity index (χ1) is 11.5. The lowest BCUT2D eigenvalue weighted by atomic mass is 9.83. The van der Waals surface area contributed by atoms with Gasteiger partial charge in [-0.3, -0.25) is 14.9 Å². The zero-order chi connectivity index (χ0) is 17.2. The molecule has 1 saturated heterocycles. The highest BCUT2D eigenvalue weighted by atomic mass is 16.6. The van der Waals surface area contributed by atoms with Crippen molar-refractivity contribution >= 4 is 11.6 Å². The number of carbonyl (C=O) groups excluding carboxylic acids is 1. The number of morpholine rings is 1. The zero-order valence-electron chi connectivity index (χ0n) is 13.5. The van der Waals surface area contributed by atoms with E-state index in [1.807, 2.05) is 0 Å². The van der Waals surface area contributed by atoms with Gasteiger partial charge in [0.25, 0.3) is 11.6 Å². The van der Waals surface area contributed by atoms with Crippen LogP contribution >= 0.6 is 0 Å². The van der Waals surface area contributed by atoms with Crippen molar-refractivity contribution in [2.75, 3.05) is 19.7 Å². The Labute approximate surface area is 140 Å². The predicted octanol–water partition coefficient (Wildman–Crippen LogP) is 2.19. The largest absolute Gasteiger partial charge is 0.378 e. The third kappa shape index (κ3) is 3.42. The molecular formula is C17H22N2O5. The van der Waals surface area contributed by atoms with Crippen LogP contribution in [0.1, 0.15) is 43.8 Å². The Morgan fingerprint density at radius 2 is 2.08 bits per heavy atom. The molecule has 0 bridgehead atoms. The van der Waals surface area contributed by atoms with Gasteiger partial charge in [0.15, 0.2) is 6.10 Å². The van der Waals surface area contributed by atoms with Gasteiger partial charge in [0, 0.05) is 25.2 Å². The third-order valence-corrected chi connectivity index (χ3v) is 4.96. The van der Waals surface area contributed by atoms with Crippen LogP contribution < -0.4 is 0 Å². The Morgan fingerprint density at radius 3 is 2.79 bits per heavy atom. The SMILES string of the molecule is O=C(C(O)c1cccc([N+](=O)[O-])c1)N1CCOC2(CCCCC2)C1. The summed E-state index contributed by atoms with van der Waals surface area (Å²) in [5.41, 5.74) is -0.169. The maximum atomic E-state index is 12.7. The Kier molecular flexibility index (Phi) is 4.82. The molecule has 2 aliphatic rings. The molecule has 1 aromatic rings. The summed E-state index contributed by atoms with van der Waals surface area (Å²) in [7, 11) is 0. The molecule has 0 radical (unpaired) electrons. The lowest BCUT2D eigenvalue weighted by molar-refractivity contribution is -0.385. The number of ether oxygens (including phenoxy) is 1. The molecule has 7 heteroatoms. The van der Waals surface area contributed by atoms with Gasteiger partial charge in [0.2, 0.25) is 0 Å². The number of nitro groups is 1. The highest BCUT2D eigenvalue weighted by Gasteiger charge is 2.40. The number of amides is 1. The molecule has 1 aromatic carbocycles. The summed E-state index contributed by atoms with van der Waals surface area (Å²) in [6.45, 7) is 1.39. The average molecular weight is 334 g/mol. The molecule has 1 atom stereocenters. The fourth-order valence-corrected chi connectivity index (χ4v) is 3.66. The van der Waals surface area contributed by atoms with Gasteiger partial charge >= 0.3 is 0 Å². The van der Waals surface area contributed by atoms with Gasteiger partial charge in [-0.25, -0.2) is 0 Å². The molecule has 1 aliphatic carbocycles. The van der Waals surface area contributed by atoms with E-state index >= 15 is 0 Å². The number of non-ortho nitro benzene ring substituents is 1. The van der Waals surface area contributed by atoms with Gasteiger partial charge in [-0.2, -0.15) is 0 Å². The van der Waals surface area contributed by atoms with Crippen LogP contribution in [0.25, 0.3) is 0 Å². The average Bonchev–Trinajstić information content (AvgIpc) is 2.61. The maximum Gasteiger partial charge on any atom is 0.269 e. The van der Waals surface area contributed by atoms with Crippen LogP contribution in [0.15, 0.2) is 24.3 Å². The number of carbonyl (C=O) groups is 1. The summed E-state index contributed by atoms with van der Waals surface area (Å²) in [6, 6.07) is 5.60. The van der Waals surface area contributed by atoms with E-state index < -0.39 is 16.9 Å². The van der Waals surface area contributed by atoms with Gasteiger partial charge in [0.1, 0.15) is 0 Å². The molecule has 1 spiro atoms. The van der Waals surface area contributed by atoms with Gasteiger partial charge in [-0.1, -0.05) is 31.4 Å². The van der Waals surface area contributed by atoms with Crippen molar-refractivity contribution in [2.24, 2.45) is 0 Å². The van der Waals surface area contributed by atoms with Crippen molar-refractivity contribution in [1.29, 1.82) is 0 Å². The minimum Gasteiger partial charge on any atom is -0.378 e. The second-order valence-corrected chi connectivity index (χ2v) is 6.61. The number of aliphatic hydroxyl groups excluding tert-OH is 1. The lowest BCUT2D eigenvalue weighted by Gasteiger charge is -2.45. The normalized spacial score (nSPS) is 21.5. The molecule has 1 unspecified atom stereocenters. The first-order valence-electron chi connectivity index (χ1n) is 8.36. The van der Waals surface area contributed by atoms with E-state index in [0.29, 0.717) is 19.7 Å². The van der Waals surface area contributed by atoms with E-state index in [1.165, 1.54) is 30.7 Å². The molecule has 0 aromatic heterocycles. The molecule has 1 N–H and O–H groups in total. The van der Waals surface area contributed by atoms with Crippen LogP contribution in [0.3, 0.4) is 0 Å². The number of benzene rings is 1. The fourth-order valence-electron chi connectivity index (χ4n) is 3.66. The van der Waals surface area contributed by atoms with E-state index in [0.717, 1.165) is 25.7 Å². The Bertz CT molecular complexity index is 622. The van der Waals surface area contributed by atoms with Crippen molar-refractivity contribution in [1.82, 2.24) is 4.90 Å². The minimum atomic E-state index is -1.39. The molecule has 1 aliphatic heterocycles. The summed E-state index contributed by atoms with van der Waals surface area (Å²) in [5, 5.41) is 21.2. The van der Waals surface area contributed by atoms with Crippen LogP contribution in [0.2, 0.25) is 0 Å². The highest BCUT2D eigenvalue weighted by molar-refractivity contribution is 5.82.